The molecule has 0 aromatic heterocycles. The van der Waals surface area contributed by atoms with Gasteiger partial charge in [0.1, 0.15) is 0 Å². The third-order valence-electron chi connectivity index (χ3n) is 1.95. The summed E-state index contributed by atoms with van der Waals surface area (Å²) >= 11 is 0. The number of allylic oxidation sites excluding steroid dienone is 1. The first-order valence-corrected chi connectivity index (χ1v) is 5.00. The molecule has 0 N–H and O–H groups in total. The molecule has 0 spiro atoms. The van der Waals surface area contributed by atoms with Gasteiger partial charge < -0.3 is 4.74 Å². The Kier molecular flexibility index (Phi) is 5.25. The number of hydrogen-bond donors (Lipinski definition) is 0. The summed E-state index contributed by atoms with van der Waals surface area (Å²) in [7, 11) is 0. The average Bonchev–Trinajstić information content (AvgIpc) is 2.21. The van der Waals surface area contributed by atoms with Crippen LogP contribution in [0.5, 0.6) is 0 Å². The lowest BCUT2D eigenvalue weighted by molar-refractivity contribution is -0.152. The molecule has 0 saturated carbocycles. The highest BCUT2D eigenvalue weighted by Gasteiger charge is 2.22. The fraction of sp³-hybridized carbons (Fsp3) is 0.583. The second kappa shape index (κ2) is 5.92. The quantitative estimate of drug-likeness (QED) is 0.540. The van der Waals surface area contributed by atoms with Gasteiger partial charge in [-0.15, -0.1) is 0 Å². The van der Waals surface area contributed by atoms with E-state index < -0.39 is 5.41 Å². The van der Waals surface area contributed by atoms with E-state index in [-0.39, 0.29) is 19.0 Å². The van der Waals surface area contributed by atoms with Crippen molar-refractivity contribution < 1.29 is 9.53 Å². The van der Waals surface area contributed by atoms with Crippen LogP contribution in [0.15, 0.2) is 11.1 Å². The molecule has 0 aliphatic rings. The Balaban J connectivity index is 4.26. The van der Waals surface area contributed by atoms with E-state index in [0.29, 0.717) is 11.1 Å². The lowest BCUT2D eigenvalue weighted by atomic mass is 9.97. The molecule has 4 heteroatoms. The van der Waals surface area contributed by atoms with E-state index in [9.17, 15) is 4.79 Å². The Bertz CT molecular complexity index is 375. The summed E-state index contributed by atoms with van der Waals surface area (Å²) in [5, 5.41) is 17.4. The van der Waals surface area contributed by atoms with Gasteiger partial charge in [0, 0.05) is 17.6 Å². The number of ether oxygens (including phenoxy) is 1. The number of carbonyl (C=O) groups excluding carboxylic acids is 1. The standard InChI is InChI=1S/C12H16N2O2/c1-9(7-13)10(8-14)5-6-16-11(15)12(2,3)4/h5-6H2,1-4H3/b10-9-. The highest BCUT2D eigenvalue weighted by Crippen LogP contribution is 2.16. The Hall–Kier alpha value is -1.81. The number of hydrogen-bond acceptors (Lipinski definition) is 4. The molecule has 0 bridgehead atoms. The Morgan fingerprint density at radius 3 is 2.19 bits per heavy atom. The first-order valence-electron chi connectivity index (χ1n) is 5.00. The first kappa shape index (κ1) is 14.2. The van der Waals surface area contributed by atoms with Crippen LogP contribution in [0.3, 0.4) is 0 Å². The van der Waals surface area contributed by atoms with Crippen LogP contribution in [0.25, 0.3) is 0 Å². The molecular weight excluding hydrogens is 204 g/mol. The number of nitriles is 2. The summed E-state index contributed by atoms with van der Waals surface area (Å²) in [4.78, 5) is 11.4. The van der Waals surface area contributed by atoms with Crippen LogP contribution in [0.1, 0.15) is 34.1 Å². The molecule has 0 amide bonds. The Morgan fingerprint density at radius 2 is 1.81 bits per heavy atom. The second-order valence-electron chi connectivity index (χ2n) is 4.46. The molecule has 0 radical (unpaired) electrons. The first-order chi connectivity index (χ1) is 7.32. The van der Waals surface area contributed by atoms with Gasteiger partial charge in [0.25, 0.3) is 0 Å². The van der Waals surface area contributed by atoms with Crippen molar-refractivity contribution in [2.75, 3.05) is 6.61 Å². The third kappa shape index (κ3) is 4.61. The maximum Gasteiger partial charge on any atom is 0.311 e. The summed E-state index contributed by atoms with van der Waals surface area (Å²) in [5.74, 6) is -0.306. The normalized spacial score (nSPS) is 12.1. The molecule has 0 aliphatic carbocycles. The highest BCUT2D eigenvalue weighted by molar-refractivity contribution is 5.75. The molecule has 86 valence electrons. The van der Waals surface area contributed by atoms with E-state index in [1.54, 1.807) is 27.7 Å². The molecule has 16 heavy (non-hydrogen) atoms. The van der Waals surface area contributed by atoms with E-state index in [1.807, 2.05) is 12.1 Å². The lowest BCUT2D eigenvalue weighted by Crippen LogP contribution is -2.23. The van der Waals surface area contributed by atoms with Gasteiger partial charge in [-0.1, -0.05) is 0 Å². The predicted molar refractivity (Wildman–Crippen MR) is 59.0 cm³/mol. The Labute approximate surface area is 96.1 Å². The van der Waals surface area contributed by atoms with Gasteiger partial charge in [0.15, 0.2) is 0 Å². The van der Waals surface area contributed by atoms with Crippen molar-refractivity contribution in [1.82, 2.24) is 0 Å². The van der Waals surface area contributed by atoms with Gasteiger partial charge in [-0.2, -0.15) is 10.5 Å². The smallest absolute Gasteiger partial charge is 0.311 e. The van der Waals surface area contributed by atoms with Crippen LogP contribution in [-0.2, 0) is 9.53 Å². The molecule has 4 nitrogen and oxygen atoms in total. The van der Waals surface area contributed by atoms with Gasteiger partial charge in [0.05, 0.1) is 24.2 Å². The maximum absolute atomic E-state index is 11.4. The summed E-state index contributed by atoms with van der Waals surface area (Å²) in [5.41, 5.74) is 0.194. The summed E-state index contributed by atoms with van der Waals surface area (Å²) in [6.07, 6.45) is 0.289. The highest BCUT2D eigenvalue weighted by atomic mass is 16.5. The predicted octanol–water partition coefficient (Wildman–Crippen LogP) is 2.33. The molecule has 0 unspecified atom stereocenters. The molecule has 0 aromatic carbocycles. The fourth-order valence-electron chi connectivity index (χ4n) is 0.857. The minimum Gasteiger partial charge on any atom is -0.465 e. The van der Waals surface area contributed by atoms with Crippen LogP contribution in [0.4, 0.5) is 0 Å². The molecular formula is C12H16N2O2. The van der Waals surface area contributed by atoms with E-state index in [0.717, 1.165) is 0 Å². The van der Waals surface area contributed by atoms with E-state index in [4.69, 9.17) is 15.3 Å². The van der Waals surface area contributed by atoms with E-state index in [2.05, 4.69) is 0 Å². The molecule has 0 saturated heterocycles. The van der Waals surface area contributed by atoms with Crippen molar-refractivity contribution in [2.24, 2.45) is 5.41 Å². The lowest BCUT2D eigenvalue weighted by Gasteiger charge is -2.16. The SMILES string of the molecule is C/C(C#N)=C(/C#N)CCOC(=O)C(C)(C)C. The van der Waals surface area contributed by atoms with Crippen molar-refractivity contribution in [3.8, 4) is 12.1 Å². The van der Waals surface area contributed by atoms with Crippen LogP contribution in [0.2, 0.25) is 0 Å². The molecule has 0 aromatic rings. The van der Waals surface area contributed by atoms with Gasteiger partial charge >= 0.3 is 5.97 Å². The topological polar surface area (TPSA) is 73.9 Å². The number of carbonyl (C=O) groups is 1. The maximum atomic E-state index is 11.4. The monoisotopic (exact) mass is 220 g/mol. The molecule has 0 rings (SSSR count). The second-order valence-corrected chi connectivity index (χ2v) is 4.46. The van der Waals surface area contributed by atoms with Gasteiger partial charge in [-0.25, -0.2) is 0 Å². The van der Waals surface area contributed by atoms with Gasteiger partial charge in [0.2, 0.25) is 0 Å². The molecule has 0 heterocycles. The van der Waals surface area contributed by atoms with Crippen molar-refractivity contribution in [3.63, 3.8) is 0 Å². The fourth-order valence-corrected chi connectivity index (χ4v) is 0.857. The van der Waals surface area contributed by atoms with Gasteiger partial charge in [-0.3, -0.25) is 4.79 Å². The summed E-state index contributed by atoms with van der Waals surface area (Å²) in [6.45, 7) is 6.99. The van der Waals surface area contributed by atoms with Crippen molar-refractivity contribution in [2.45, 2.75) is 34.1 Å². The van der Waals surface area contributed by atoms with Crippen molar-refractivity contribution in [3.05, 3.63) is 11.1 Å². The minimum atomic E-state index is -0.541. The van der Waals surface area contributed by atoms with E-state index in [1.165, 1.54) is 0 Å². The average molecular weight is 220 g/mol. The summed E-state index contributed by atoms with van der Waals surface area (Å²) < 4.78 is 5.00. The molecule has 0 atom stereocenters. The van der Waals surface area contributed by atoms with Crippen LogP contribution in [-0.4, -0.2) is 12.6 Å². The van der Waals surface area contributed by atoms with Crippen molar-refractivity contribution >= 4 is 5.97 Å². The minimum absolute atomic E-state index is 0.137. The van der Waals surface area contributed by atoms with Gasteiger partial charge in [-0.05, 0) is 27.7 Å². The van der Waals surface area contributed by atoms with Crippen LogP contribution < -0.4 is 0 Å². The number of nitrogens with zero attached hydrogens (tertiary/aromatic N) is 2. The Morgan fingerprint density at radius 1 is 1.25 bits per heavy atom. The zero-order valence-corrected chi connectivity index (χ0v) is 10.1. The molecule has 0 aliphatic heterocycles. The van der Waals surface area contributed by atoms with Crippen molar-refractivity contribution in [1.29, 1.82) is 10.5 Å². The van der Waals surface area contributed by atoms with Crippen LogP contribution in [0, 0.1) is 28.1 Å². The zero-order chi connectivity index (χ0) is 12.8. The van der Waals surface area contributed by atoms with E-state index >= 15 is 0 Å². The number of esters is 1. The summed E-state index contributed by atoms with van der Waals surface area (Å²) in [6, 6.07) is 3.83. The van der Waals surface area contributed by atoms with Crippen LogP contribution >= 0.6 is 0 Å². The molecule has 0 fully saturated rings. The largest absolute Gasteiger partial charge is 0.465 e. The zero-order valence-electron chi connectivity index (χ0n) is 10.1. The third-order valence-corrected chi connectivity index (χ3v) is 1.95. The number of rotatable bonds is 3.